The number of aromatic nitrogens is 4. The van der Waals surface area contributed by atoms with E-state index in [0.717, 1.165) is 43.6 Å². The number of carbonyl (C=O) groups is 1. The first kappa shape index (κ1) is 20.7. The number of pyridine rings is 1. The fourth-order valence-corrected chi connectivity index (χ4v) is 4.40. The molecule has 1 saturated carbocycles. The van der Waals surface area contributed by atoms with Crippen LogP contribution < -0.4 is 16.0 Å². The fraction of sp³-hybridized carbons (Fsp3) is 0.333. The number of imidazole rings is 1. The summed E-state index contributed by atoms with van der Waals surface area (Å²) in [4.78, 5) is 30.0. The number of furan rings is 1. The number of anilines is 3. The zero-order valence-electron chi connectivity index (χ0n) is 18.7. The van der Waals surface area contributed by atoms with Gasteiger partial charge in [0.05, 0.1) is 23.6 Å². The highest BCUT2D eigenvalue weighted by Crippen LogP contribution is 2.30. The van der Waals surface area contributed by atoms with Crippen LogP contribution in [-0.4, -0.2) is 62.9 Å². The van der Waals surface area contributed by atoms with E-state index in [1.165, 1.54) is 25.6 Å². The molecule has 6 rings (SSSR count). The Morgan fingerprint density at radius 2 is 1.97 bits per heavy atom. The zero-order valence-corrected chi connectivity index (χ0v) is 18.7. The minimum atomic E-state index is -0.542. The molecule has 0 atom stereocenters. The summed E-state index contributed by atoms with van der Waals surface area (Å²) >= 11 is 0. The lowest BCUT2D eigenvalue weighted by atomic mass is 10.2. The first-order chi connectivity index (χ1) is 16.6. The molecule has 4 aromatic rings. The highest BCUT2D eigenvalue weighted by molar-refractivity contribution is 5.93. The van der Waals surface area contributed by atoms with E-state index in [0.29, 0.717) is 28.5 Å². The Labute approximate surface area is 196 Å². The number of nitrogens with zero attached hydrogens (tertiary/aromatic N) is 6. The molecule has 0 radical (unpaired) electrons. The minimum absolute atomic E-state index is 0.306. The molecule has 2 aliphatic rings. The van der Waals surface area contributed by atoms with Crippen molar-refractivity contribution in [1.29, 1.82) is 0 Å². The molecule has 1 amide bonds. The molecule has 174 valence electrons. The Balaban J connectivity index is 1.16. The number of fused-ring (bicyclic) bond motifs is 1. The van der Waals surface area contributed by atoms with Crippen molar-refractivity contribution in [2.45, 2.75) is 12.8 Å². The molecule has 4 aromatic heterocycles. The van der Waals surface area contributed by atoms with Crippen LogP contribution in [-0.2, 0) is 0 Å². The number of carbonyl (C=O) groups excluding carboxylic acids is 1. The lowest BCUT2D eigenvalue weighted by molar-refractivity contribution is 0.0999. The number of hydrogen-bond acceptors (Lipinski definition) is 8. The van der Waals surface area contributed by atoms with E-state index in [9.17, 15) is 4.79 Å². The summed E-state index contributed by atoms with van der Waals surface area (Å²) in [6.07, 6.45) is 11.1. The fourth-order valence-electron chi connectivity index (χ4n) is 4.40. The summed E-state index contributed by atoms with van der Waals surface area (Å²) in [6, 6.07) is 5.66. The van der Waals surface area contributed by atoms with Crippen LogP contribution in [0.2, 0.25) is 0 Å². The molecule has 1 aliphatic carbocycles. The highest BCUT2D eigenvalue weighted by atomic mass is 16.3. The van der Waals surface area contributed by atoms with Gasteiger partial charge in [0, 0.05) is 45.1 Å². The molecule has 34 heavy (non-hydrogen) atoms. The number of nitrogens with one attached hydrogen (secondary N) is 1. The summed E-state index contributed by atoms with van der Waals surface area (Å²) in [6.45, 7) is 5.47. The highest BCUT2D eigenvalue weighted by Gasteiger charge is 2.26. The summed E-state index contributed by atoms with van der Waals surface area (Å²) in [5.41, 5.74) is 7.77. The minimum Gasteiger partial charge on any atom is -0.462 e. The third kappa shape index (κ3) is 4.08. The number of piperazine rings is 1. The van der Waals surface area contributed by atoms with Crippen LogP contribution in [0, 0.1) is 5.92 Å². The van der Waals surface area contributed by atoms with E-state index < -0.39 is 5.91 Å². The van der Waals surface area contributed by atoms with Crippen LogP contribution in [0.4, 0.5) is 17.3 Å². The van der Waals surface area contributed by atoms with Gasteiger partial charge in [-0.2, -0.15) is 0 Å². The maximum atomic E-state index is 11.4. The van der Waals surface area contributed by atoms with E-state index in [1.54, 1.807) is 18.5 Å². The van der Waals surface area contributed by atoms with Gasteiger partial charge in [-0.1, -0.05) is 0 Å². The molecule has 10 nitrogen and oxygen atoms in total. The SMILES string of the molecule is NC(=O)c1coc(-c2cnc(Nc3ccc(N4CCN(CC5CC5)CC4)nc3)c3nccn23)c1. The molecule has 0 bridgehead atoms. The Morgan fingerprint density at radius 3 is 2.68 bits per heavy atom. The Bertz CT molecular complexity index is 1320. The van der Waals surface area contributed by atoms with Crippen LogP contribution in [0.15, 0.2) is 53.7 Å². The molecule has 0 unspecified atom stereocenters. The average molecular weight is 459 g/mol. The molecule has 2 fully saturated rings. The zero-order chi connectivity index (χ0) is 23.1. The third-order valence-corrected chi connectivity index (χ3v) is 6.48. The Hall–Kier alpha value is -3.92. The first-order valence-electron chi connectivity index (χ1n) is 11.6. The number of primary amides is 1. The lowest BCUT2D eigenvalue weighted by Gasteiger charge is -2.35. The molecule has 1 saturated heterocycles. The van der Waals surface area contributed by atoms with Crippen LogP contribution in [0.1, 0.15) is 23.2 Å². The predicted octanol–water partition coefficient (Wildman–Crippen LogP) is 2.76. The number of rotatable bonds is 7. The van der Waals surface area contributed by atoms with Gasteiger partial charge in [-0.05, 0) is 37.0 Å². The first-order valence-corrected chi connectivity index (χ1v) is 11.6. The van der Waals surface area contributed by atoms with Crippen molar-refractivity contribution in [3.8, 4) is 11.5 Å². The summed E-state index contributed by atoms with van der Waals surface area (Å²) in [5, 5.41) is 3.31. The van der Waals surface area contributed by atoms with Crippen molar-refractivity contribution in [3.63, 3.8) is 0 Å². The van der Waals surface area contributed by atoms with Crippen LogP contribution in [0.3, 0.4) is 0 Å². The molecule has 1 aliphatic heterocycles. The van der Waals surface area contributed by atoms with Crippen molar-refractivity contribution >= 4 is 28.9 Å². The van der Waals surface area contributed by atoms with E-state index in [-0.39, 0.29) is 0 Å². The molecule has 3 N–H and O–H groups in total. The number of nitrogens with two attached hydrogens (primary N) is 1. The van der Waals surface area contributed by atoms with Gasteiger partial charge in [0.25, 0.3) is 5.91 Å². The van der Waals surface area contributed by atoms with Gasteiger partial charge in [-0.25, -0.2) is 15.0 Å². The summed E-state index contributed by atoms with van der Waals surface area (Å²) < 4.78 is 7.37. The second-order valence-electron chi connectivity index (χ2n) is 8.94. The largest absolute Gasteiger partial charge is 0.462 e. The second-order valence-corrected chi connectivity index (χ2v) is 8.94. The van der Waals surface area contributed by atoms with Gasteiger partial charge in [0.15, 0.2) is 17.2 Å². The van der Waals surface area contributed by atoms with Gasteiger partial charge in [0.1, 0.15) is 17.8 Å². The molecule has 0 spiro atoms. The average Bonchev–Trinajstić information content (AvgIpc) is 3.32. The van der Waals surface area contributed by atoms with Gasteiger partial charge in [0.2, 0.25) is 0 Å². The Kier molecular flexibility index (Phi) is 5.14. The molecular weight excluding hydrogens is 432 g/mol. The standard InChI is InChI=1S/C24H26N8O2/c25-22(33)17-11-20(34-15-17)19-13-28-23(24-26-5-6-32(19)24)29-18-3-4-21(27-12-18)31-9-7-30(8-10-31)14-16-1-2-16/h3-6,11-13,15-16H,1-2,7-10,14H2,(H2,25,33)(H,28,29). The van der Waals surface area contributed by atoms with Crippen molar-refractivity contribution in [1.82, 2.24) is 24.3 Å². The van der Waals surface area contributed by atoms with Gasteiger partial charge in [-0.3, -0.25) is 14.1 Å². The van der Waals surface area contributed by atoms with Crippen LogP contribution >= 0.6 is 0 Å². The quantitative estimate of drug-likeness (QED) is 0.434. The normalized spacial score (nSPS) is 16.8. The van der Waals surface area contributed by atoms with Crippen molar-refractivity contribution in [3.05, 3.63) is 54.8 Å². The number of hydrogen-bond donors (Lipinski definition) is 2. The predicted molar refractivity (Wildman–Crippen MR) is 128 cm³/mol. The maximum Gasteiger partial charge on any atom is 0.251 e. The van der Waals surface area contributed by atoms with Crippen LogP contribution in [0.5, 0.6) is 0 Å². The molecule has 5 heterocycles. The van der Waals surface area contributed by atoms with E-state index >= 15 is 0 Å². The summed E-state index contributed by atoms with van der Waals surface area (Å²) in [5.74, 6) is 2.47. The smallest absolute Gasteiger partial charge is 0.251 e. The van der Waals surface area contributed by atoms with Crippen molar-refractivity contribution in [2.24, 2.45) is 11.7 Å². The van der Waals surface area contributed by atoms with E-state index in [2.05, 4.69) is 30.1 Å². The van der Waals surface area contributed by atoms with Crippen molar-refractivity contribution < 1.29 is 9.21 Å². The molecular formula is C24H26N8O2. The van der Waals surface area contributed by atoms with Crippen molar-refractivity contribution in [2.75, 3.05) is 42.9 Å². The lowest BCUT2D eigenvalue weighted by Crippen LogP contribution is -2.47. The Morgan fingerprint density at radius 1 is 1.12 bits per heavy atom. The number of amides is 1. The molecule has 10 heteroatoms. The third-order valence-electron chi connectivity index (χ3n) is 6.48. The monoisotopic (exact) mass is 458 g/mol. The second kappa shape index (κ2) is 8.45. The van der Waals surface area contributed by atoms with Gasteiger partial charge in [-0.15, -0.1) is 0 Å². The van der Waals surface area contributed by atoms with Gasteiger partial charge >= 0.3 is 0 Å². The topological polar surface area (TPSA) is 118 Å². The van der Waals surface area contributed by atoms with Gasteiger partial charge < -0.3 is 20.4 Å². The van der Waals surface area contributed by atoms with E-state index in [4.69, 9.17) is 10.2 Å². The summed E-state index contributed by atoms with van der Waals surface area (Å²) in [7, 11) is 0. The maximum absolute atomic E-state index is 11.4. The van der Waals surface area contributed by atoms with E-state index in [1.807, 2.05) is 28.9 Å². The van der Waals surface area contributed by atoms with Crippen LogP contribution in [0.25, 0.3) is 17.1 Å². The molecule has 0 aromatic carbocycles.